The van der Waals surface area contributed by atoms with E-state index >= 15 is 0 Å². The second-order valence-corrected chi connectivity index (χ2v) is 4.17. The van der Waals surface area contributed by atoms with Crippen molar-refractivity contribution in [2.75, 3.05) is 18.8 Å². The van der Waals surface area contributed by atoms with E-state index in [1.165, 1.54) is 5.56 Å². The SMILES string of the molecule is [Br-].[NH3+]CCNC(=O)CSCc1ccccc1. The van der Waals surface area contributed by atoms with Crippen LogP contribution in [0, 0.1) is 0 Å². The molecule has 0 saturated carbocycles. The third-order valence-electron chi connectivity index (χ3n) is 1.84. The molecule has 1 aromatic carbocycles. The second-order valence-electron chi connectivity index (χ2n) is 3.18. The van der Waals surface area contributed by atoms with Crippen LogP contribution in [0.1, 0.15) is 5.56 Å². The third-order valence-corrected chi connectivity index (χ3v) is 2.85. The van der Waals surface area contributed by atoms with Gasteiger partial charge in [0.15, 0.2) is 0 Å². The third kappa shape index (κ3) is 6.87. The molecular weight excluding hydrogens is 288 g/mol. The first-order valence-electron chi connectivity index (χ1n) is 5.00. The Bertz CT molecular complexity index is 295. The minimum absolute atomic E-state index is 0. The molecule has 1 aromatic rings. The lowest BCUT2D eigenvalue weighted by atomic mass is 10.2. The number of amides is 1. The van der Waals surface area contributed by atoms with Gasteiger partial charge >= 0.3 is 0 Å². The first kappa shape index (κ1) is 15.5. The zero-order valence-corrected chi connectivity index (χ0v) is 11.5. The van der Waals surface area contributed by atoms with Gasteiger partial charge in [-0.1, -0.05) is 30.3 Å². The molecule has 0 aromatic heterocycles. The van der Waals surface area contributed by atoms with E-state index in [-0.39, 0.29) is 22.9 Å². The fourth-order valence-electron chi connectivity index (χ4n) is 1.11. The molecule has 0 fully saturated rings. The van der Waals surface area contributed by atoms with Crippen LogP contribution >= 0.6 is 11.8 Å². The van der Waals surface area contributed by atoms with Crippen LogP contribution < -0.4 is 28.0 Å². The summed E-state index contributed by atoms with van der Waals surface area (Å²) in [6, 6.07) is 10.2. The van der Waals surface area contributed by atoms with Crippen molar-refractivity contribution < 1.29 is 27.5 Å². The molecule has 4 N–H and O–H groups in total. The molecule has 1 rings (SSSR count). The monoisotopic (exact) mass is 304 g/mol. The zero-order chi connectivity index (χ0) is 10.9. The topological polar surface area (TPSA) is 56.7 Å². The Labute approximate surface area is 111 Å². The molecule has 0 saturated heterocycles. The number of quaternary nitrogens is 1. The molecule has 0 aliphatic carbocycles. The van der Waals surface area contributed by atoms with Gasteiger partial charge in [0.05, 0.1) is 18.8 Å². The highest BCUT2D eigenvalue weighted by Crippen LogP contribution is 2.10. The van der Waals surface area contributed by atoms with Gasteiger partial charge in [-0.3, -0.25) is 4.79 Å². The van der Waals surface area contributed by atoms with Crippen LogP contribution in [0.5, 0.6) is 0 Å². The highest BCUT2D eigenvalue weighted by molar-refractivity contribution is 7.99. The number of benzene rings is 1. The molecule has 16 heavy (non-hydrogen) atoms. The van der Waals surface area contributed by atoms with Crippen molar-refractivity contribution in [3.63, 3.8) is 0 Å². The van der Waals surface area contributed by atoms with E-state index in [4.69, 9.17) is 0 Å². The molecule has 0 spiro atoms. The predicted octanol–water partition coefficient (Wildman–Crippen LogP) is -2.72. The van der Waals surface area contributed by atoms with Crippen molar-refractivity contribution in [2.45, 2.75) is 5.75 Å². The molecule has 0 radical (unpaired) electrons. The van der Waals surface area contributed by atoms with E-state index in [0.717, 1.165) is 12.3 Å². The number of thioether (sulfide) groups is 1. The summed E-state index contributed by atoms with van der Waals surface area (Å²) in [7, 11) is 0. The van der Waals surface area contributed by atoms with Crippen LogP contribution in [0.4, 0.5) is 0 Å². The lowest BCUT2D eigenvalue weighted by molar-refractivity contribution is -0.364. The normalized spacial score (nSPS) is 9.31. The standard InChI is InChI=1S/C11H16N2OS.BrH/c12-6-7-13-11(14)9-15-8-10-4-2-1-3-5-10;/h1-5H,6-9,12H2,(H,13,14);1H. The fourth-order valence-corrected chi connectivity index (χ4v) is 1.93. The van der Waals surface area contributed by atoms with Gasteiger partial charge in [0.2, 0.25) is 5.91 Å². The Morgan fingerprint density at radius 1 is 1.31 bits per heavy atom. The Morgan fingerprint density at radius 2 is 2.00 bits per heavy atom. The summed E-state index contributed by atoms with van der Waals surface area (Å²) < 4.78 is 0. The highest BCUT2D eigenvalue weighted by Gasteiger charge is 2.00. The smallest absolute Gasteiger partial charge is 0.230 e. The molecule has 0 atom stereocenters. The van der Waals surface area contributed by atoms with E-state index in [9.17, 15) is 4.79 Å². The van der Waals surface area contributed by atoms with Crippen LogP contribution in [0.2, 0.25) is 0 Å². The van der Waals surface area contributed by atoms with Gasteiger partial charge in [0.1, 0.15) is 0 Å². The molecule has 0 aliphatic rings. The van der Waals surface area contributed by atoms with Gasteiger partial charge in [-0.25, -0.2) is 0 Å². The molecule has 0 bridgehead atoms. The first-order valence-corrected chi connectivity index (χ1v) is 6.16. The molecule has 3 nitrogen and oxygen atoms in total. The van der Waals surface area contributed by atoms with Crippen LogP contribution in [0.25, 0.3) is 0 Å². The van der Waals surface area contributed by atoms with Crippen molar-refractivity contribution in [3.8, 4) is 0 Å². The summed E-state index contributed by atoms with van der Waals surface area (Å²) in [5, 5.41) is 2.80. The second kappa shape index (κ2) is 9.69. The largest absolute Gasteiger partial charge is 1.00 e. The maximum Gasteiger partial charge on any atom is 0.230 e. The van der Waals surface area contributed by atoms with E-state index in [0.29, 0.717) is 12.3 Å². The van der Waals surface area contributed by atoms with Gasteiger partial charge in [0.25, 0.3) is 0 Å². The minimum Gasteiger partial charge on any atom is -1.00 e. The summed E-state index contributed by atoms with van der Waals surface area (Å²) in [4.78, 5) is 11.2. The summed E-state index contributed by atoms with van der Waals surface area (Å²) in [6.07, 6.45) is 0. The predicted molar refractivity (Wildman–Crippen MR) is 63.4 cm³/mol. The van der Waals surface area contributed by atoms with Gasteiger partial charge in [-0.2, -0.15) is 0 Å². The lowest BCUT2D eigenvalue weighted by Crippen LogP contribution is -3.00. The van der Waals surface area contributed by atoms with Gasteiger partial charge in [-0.05, 0) is 5.56 Å². The number of hydrogen-bond donors (Lipinski definition) is 2. The summed E-state index contributed by atoms with van der Waals surface area (Å²) in [6.45, 7) is 1.42. The lowest BCUT2D eigenvalue weighted by Gasteiger charge is -2.02. The number of carbonyl (C=O) groups is 1. The molecule has 5 heteroatoms. The Balaban J connectivity index is 0.00000225. The fraction of sp³-hybridized carbons (Fsp3) is 0.364. The summed E-state index contributed by atoms with van der Waals surface area (Å²) in [5.41, 5.74) is 4.92. The molecule has 0 heterocycles. The van der Waals surface area contributed by atoms with Crippen LogP contribution in [-0.2, 0) is 10.5 Å². The van der Waals surface area contributed by atoms with Gasteiger partial charge < -0.3 is 28.0 Å². The quantitative estimate of drug-likeness (QED) is 0.600. The van der Waals surface area contributed by atoms with Crippen LogP contribution in [0.15, 0.2) is 30.3 Å². The van der Waals surface area contributed by atoms with Crippen molar-refractivity contribution in [3.05, 3.63) is 35.9 Å². The molecular formula is C11H17BrN2OS. The number of hydrogen-bond acceptors (Lipinski definition) is 2. The van der Waals surface area contributed by atoms with E-state index in [2.05, 4.69) is 23.2 Å². The molecule has 0 unspecified atom stereocenters. The number of halogens is 1. The van der Waals surface area contributed by atoms with Crippen LogP contribution in [0.3, 0.4) is 0 Å². The van der Waals surface area contributed by atoms with Crippen LogP contribution in [-0.4, -0.2) is 24.7 Å². The van der Waals surface area contributed by atoms with Crippen molar-refractivity contribution in [1.29, 1.82) is 0 Å². The van der Waals surface area contributed by atoms with E-state index in [1.54, 1.807) is 11.8 Å². The average Bonchev–Trinajstić information content (AvgIpc) is 2.28. The first-order chi connectivity index (χ1) is 7.33. The average molecular weight is 305 g/mol. The maximum absolute atomic E-state index is 11.2. The van der Waals surface area contributed by atoms with Gasteiger partial charge in [0, 0.05) is 5.75 Å². The Hall–Kier alpha value is -0.520. The number of carbonyl (C=O) groups excluding carboxylic acids is 1. The molecule has 90 valence electrons. The van der Waals surface area contributed by atoms with Crippen molar-refractivity contribution in [1.82, 2.24) is 5.32 Å². The Morgan fingerprint density at radius 3 is 2.62 bits per heavy atom. The van der Waals surface area contributed by atoms with Gasteiger partial charge in [-0.15, -0.1) is 11.8 Å². The van der Waals surface area contributed by atoms with E-state index < -0.39 is 0 Å². The van der Waals surface area contributed by atoms with Crippen molar-refractivity contribution in [2.24, 2.45) is 0 Å². The highest BCUT2D eigenvalue weighted by atomic mass is 79.9. The summed E-state index contributed by atoms with van der Waals surface area (Å²) >= 11 is 1.63. The molecule has 0 aliphatic heterocycles. The summed E-state index contributed by atoms with van der Waals surface area (Å²) in [5.74, 6) is 1.51. The molecule has 1 amide bonds. The van der Waals surface area contributed by atoms with E-state index in [1.807, 2.05) is 18.2 Å². The number of nitrogens with one attached hydrogen (secondary N) is 1. The maximum atomic E-state index is 11.2. The number of rotatable bonds is 6. The minimum atomic E-state index is 0. The zero-order valence-electron chi connectivity index (χ0n) is 9.12. The Kier molecular flexibility index (Phi) is 9.37. The van der Waals surface area contributed by atoms with Crippen molar-refractivity contribution >= 4 is 17.7 Å².